The van der Waals surface area contributed by atoms with Gasteiger partial charge in [-0.2, -0.15) is 0 Å². The molecule has 0 amide bonds. The van der Waals surface area contributed by atoms with E-state index < -0.39 is 80.6 Å². The minimum atomic E-state index is -1.82. The average Bonchev–Trinajstić information content (AvgIpc) is 3.07. The molecule has 2 aliphatic rings. The zero-order chi connectivity index (χ0) is 31.9. The maximum Gasteiger partial charge on any atom is 0.328 e. The molecule has 16 heteroatoms. The highest BCUT2D eigenvalue weighted by atomic mass is 16.7. The second kappa shape index (κ2) is 15.2. The van der Waals surface area contributed by atoms with Crippen molar-refractivity contribution in [2.45, 2.75) is 74.6 Å². The molecule has 3 heterocycles. The van der Waals surface area contributed by atoms with Crippen molar-refractivity contribution in [2.24, 2.45) is 0 Å². The number of aromatic nitrogens is 3. The van der Waals surface area contributed by atoms with Crippen molar-refractivity contribution in [3.05, 3.63) is 71.8 Å². The fraction of sp³-hybridized carbons (Fsp3) is 0.483. The lowest BCUT2D eigenvalue weighted by Crippen LogP contribution is -2.65. The molecule has 0 unspecified atom stereocenters. The molecule has 0 bridgehead atoms. The van der Waals surface area contributed by atoms with Crippen molar-refractivity contribution in [1.29, 1.82) is 0 Å². The van der Waals surface area contributed by atoms with Crippen LogP contribution in [0.1, 0.15) is 11.1 Å². The first-order valence-corrected chi connectivity index (χ1v) is 14.1. The predicted octanol–water partition coefficient (Wildman–Crippen LogP) is -1.97. The Morgan fingerprint density at radius 2 is 1.04 bits per heavy atom. The van der Waals surface area contributed by atoms with E-state index in [-0.39, 0.29) is 25.2 Å². The quantitative estimate of drug-likeness (QED) is 0.115. The van der Waals surface area contributed by atoms with E-state index in [2.05, 4.69) is 15.0 Å². The first kappa shape index (κ1) is 32.8. The maximum atomic E-state index is 10.9. The van der Waals surface area contributed by atoms with Crippen LogP contribution in [-0.4, -0.2) is 125 Å². The Bertz CT molecular complexity index is 1280. The minimum absolute atomic E-state index is 0.104. The summed E-state index contributed by atoms with van der Waals surface area (Å²) in [5, 5.41) is 71.7. The van der Waals surface area contributed by atoms with Crippen LogP contribution in [0.2, 0.25) is 0 Å². The molecule has 0 spiro atoms. The van der Waals surface area contributed by atoms with E-state index in [1.54, 1.807) is 0 Å². The number of rotatable bonds is 12. The Balaban J connectivity index is 1.31. The third-order valence-corrected chi connectivity index (χ3v) is 7.18. The van der Waals surface area contributed by atoms with Gasteiger partial charge in [-0.05, 0) is 11.1 Å². The van der Waals surface area contributed by atoms with Crippen LogP contribution in [0.15, 0.2) is 60.7 Å². The highest BCUT2D eigenvalue weighted by Crippen LogP contribution is 2.30. The molecule has 0 radical (unpaired) electrons. The number of hydrogen-bond donors (Lipinski definition) is 7. The number of aliphatic hydroxyl groups excluding tert-OH is 7. The molecule has 2 aliphatic heterocycles. The van der Waals surface area contributed by atoms with E-state index in [0.717, 1.165) is 11.1 Å². The Labute approximate surface area is 257 Å². The summed E-state index contributed by atoms with van der Waals surface area (Å²) in [5.74, 6) is 0. The van der Waals surface area contributed by atoms with E-state index in [9.17, 15) is 35.7 Å². The zero-order valence-corrected chi connectivity index (χ0v) is 23.8. The Hall–Kier alpha value is -3.55. The lowest BCUT2D eigenvalue weighted by molar-refractivity contribution is -0.352. The molecule has 244 valence electrons. The molecule has 10 atom stereocenters. The molecule has 2 saturated heterocycles. The van der Waals surface area contributed by atoms with Crippen LogP contribution in [0.5, 0.6) is 18.0 Å². The molecule has 0 aliphatic carbocycles. The van der Waals surface area contributed by atoms with Gasteiger partial charge < -0.3 is 64.2 Å². The average molecular weight is 634 g/mol. The number of nitrogens with zero attached hydrogens (tertiary/aromatic N) is 3. The molecular formula is C29H35N3O13. The summed E-state index contributed by atoms with van der Waals surface area (Å²) in [6, 6.07) is 17.7. The summed E-state index contributed by atoms with van der Waals surface area (Å²) >= 11 is 0. The highest BCUT2D eigenvalue weighted by molar-refractivity contribution is 5.17. The van der Waals surface area contributed by atoms with Gasteiger partial charge in [0.2, 0.25) is 6.29 Å². The molecule has 3 aromatic rings. The summed E-state index contributed by atoms with van der Waals surface area (Å²) in [7, 11) is 0. The third kappa shape index (κ3) is 8.00. The van der Waals surface area contributed by atoms with Crippen molar-refractivity contribution in [3.8, 4) is 18.0 Å². The van der Waals surface area contributed by atoms with E-state index in [1.165, 1.54) is 0 Å². The number of aliphatic hydroxyl groups is 7. The summed E-state index contributed by atoms with van der Waals surface area (Å²) < 4.78 is 33.7. The van der Waals surface area contributed by atoms with Crippen molar-refractivity contribution >= 4 is 0 Å². The number of benzene rings is 2. The second-order valence-electron chi connectivity index (χ2n) is 10.4. The van der Waals surface area contributed by atoms with Crippen molar-refractivity contribution in [3.63, 3.8) is 0 Å². The van der Waals surface area contributed by atoms with Crippen LogP contribution < -0.4 is 14.2 Å². The van der Waals surface area contributed by atoms with Gasteiger partial charge in [0.25, 0.3) is 0 Å². The van der Waals surface area contributed by atoms with Crippen LogP contribution in [0.25, 0.3) is 0 Å². The SMILES string of the molecule is OC[C@H]1O[C@@H](O[C@H]2[C@H](O)[C@@H](O)[C@H](Oc3nc(OCc4ccccc4)nc(OCc4ccccc4)n3)O[C@@H]2CO)[C@H](O)[C@@H](O)[C@@H]1O. The molecule has 5 rings (SSSR count). The lowest BCUT2D eigenvalue weighted by atomic mass is 9.97. The molecule has 0 saturated carbocycles. The molecule has 7 N–H and O–H groups in total. The van der Waals surface area contributed by atoms with Gasteiger partial charge in [-0.3, -0.25) is 0 Å². The molecule has 16 nitrogen and oxygen atoms in total. The zero-order valence-electron chi connectivity index (χ0n) is 23.8. The number of hydrogen-bond acceptors (Lipinski definition) is 16. The van der Waals surface area contributed by atoms with Crippen LogP contribution in [0.3, 0.4) is 0 Å². The summed E-state index contributed by atoms with van der Waals surface area (Å²) in [5.41, 5.74) is 1.66. The summed E-state index contributed by atoms with van der Waals surface area (Å²) in [6.07, 6.45) is -16.3. The fourth-order valence-electron chi connectivity index (χ4n) is 4.70. The first-order chi connectivity index (χ1) is 21.8. The van der Waals surface area contributed by atoms with E-state index in [1.807, 2.05) is 60.7 Å². The van der Waals surface area contributed by atoms with E-state index in [0.29, 0.717) is 0 Å². The molecule has 2 fully saturated rings. The number of ether oxygens (including phenoxy) is 6. The van der Waals surface area contributed by atoms with Crippen molar-refractivity contribution in [2.75, 3.05) is 13.2 Å². The Kier molecular flexibility index (Phi) is 11.1. The van der Waals surface area contributed by atoms with Crippen LogP contribution in [0, 0.1) is 0 Å². The van der Waals surface area contributed by atoms with Gasteiger partial charge in [-0.25, -0.2) is 0 Å². The van der Waals surface area contributed by atoms with E-state index >= 15 is 0 Å². The maximum absolute atomic E-state index is 10.9. The van der Waals surface area contributed by atoms with Gasteiger partial charge >= 0.3 is 18.0 Å². The van der Waals surface area contributed by atoms with Gasteiger partial charge in [-0.1, -0.05) is 60.7 Å². The molecular weight excluding hydrogens is 598 g/mol. The predicted molar refractivity (Wildman–Crippen MR) is 148 cm³/mol. The Morgan fingerprint density at radius 1 is 0.556 bits per heavy atom. The smallest absolute Gasteiger partial charge is 0.328 e. The normalized spacial score (nSPS) is 31.7. The summed E-state index contributed by atoms with van der Waals surface area (Å²) in [4.78, 5) is 12.4. The highest BCUT2D eigenvalue weighted by Gasteiger charge is 2.51. The van der Waals surface area contributed by atoms with Crippen LogP contribution >= 0.6 is 0 Å². The first-order valence-electron chi connectivity index (χ1n) is 14.1. The second-order valence-corrected chi connectivity index (χ2v) is 10.4. The van der Waals surface area contributed by atoms with Gasteiger partial charge in [-0.15, -0.1) is 15.0 Å². The third-order valence-electron chi connectivity index (χ3n) is 7.18. The monoisotopic (exact) mass is 633 g/mol. The summed E-state index contributed by atoms with van der Waals surface area (Å²) in [6.45, 7) is -1.25. The molecule has 2 aromatic carbocycles. The lowest BCUT2D eigenvalue weighted by Gasteiger charge is -2.45. The van der Waals surface area contributed by atoms with E-state index in [4.69, 9.17) is 28.4 Å². The van der Waals surface area contributed by atoms with Crippen LogP contribution in [0.4, 0.5) is 0 Å². The minimum Gasteiger partial charge on any atom is -0.458 e. The topological polar surface area (TPSA) is 236 Å². The fourth-order valence-corrected chi connectivity index (χ4v) is 4.70. The van der Waals surface area contributed by atoms with Crippen LogP contribution in [-0.2, 0) is 27.4 Å². The van der Waals surface area contributed by atoms with Gasteiger partial charge in [0.1, 0.15) is 62.0 Å². The van der Waals surface area contributed by atoms with Crippen molar-refractivity contribution < 1.29 is 64.2 Å². The van der Waals surface area contributed by atoms with Gasteiger partial charge in [0.05, 0.1) is 13.2 Å². The van der Waals surface area contributed by atoms with Gasteiger partial charge in [0, 0.05) is 0 Å². The molecule has 45 heavy (non-hydrogen) atoms. The van der Waals surface area contributed by atoms with Gasteiger partial charge in [0.15, 0.2) is 6.29 Å². The molecule has 1 aromatic heterocycles. The van der Waals surface area contributed by atoms with Crippen molar-refractivity contribution in [1.82, 2.24) is 15.0 Å². The standard InChI is InChI=1S/C29H35N3O13/c33-11-17-19(35)20(36)22(38)25(42-17)44-24-18(12-34)43-26(23(39)21(24)37)45-29-31-27(40-13-15-7-3-1-4-8-15)30-28(32-29)41-14-16-9-5-2-6-10-16/h1-10,17-26,33-39H,11-14H2/t17-,18-,19-,20+,21-,22-,23-,24-,25+,26+/m1/s1. The Morgan fingerprint density at radius 3 is 1.58 bits per heavy atom. The largest absolute Gasteiger partial charge is 0.458 e.